The summed E-state index contributed by atoms with van der Waals surface area (Å²) in [7, 11) is 3.57. The maximum atomic E-state index is 5.55. The summed E-state index contributed by atoms with van der Waals surface area (Å²) in [6.07, 6.45) is 13.0. The number of nitrogens with zero attached hydrogens (tertiary/aromatic N) is 1. The van der Waals surface area contributed by atoms with E-state index in [1.807, 2.05) is 0 Å². The Hall–Kier alpha value is -2.04. The molecule has 2 aromatic rings. The van der Waals surface area contributed by atoms with Crippen molar-refractivity contribution in [3.63, 3.8) is 0 Å². The number of benzene rings is 2. The molecule has 0 aliphatic heterocycles. The molecular formula is C32H46N2O2. The van der Waals surface area contributed by atoms with E-state index in [9.17, 15) is 0 Å². The van der Waals surface area contributed by atoms with Crippen LogP contribution in [0.15, 0.2) is 36.4 Å². The molecule has 2 aromatic carbocycles. The number of methoxy groups -OCH3 is 2. The van der Waals surface area contributed by atoms with Crippen molar-refractivity contribution < 1.29 is 9.47 Å². The van der Waals surface area contributed by atoms with E-state index in [0.29, 0.717) is 6.04 Å². The molecule has 36 heavy (non-hydrogen) atoms. The molecule has 4 aliphatic carbocycles. The minimum absolute atomic E-state index is 0.652. The van der Waals surface area contributed by atoms with Crippen molar-refractivity contribution in [1.29, 1.82) is 0 Å². The first-order chi connectivity index (χ1) is 17.7. The van der Waals surface area contributed by atoms with Gasteiger partial charge in [0.1, 0.15) is 11.5 Å². The van der Waals surface area contributed by atoms with Crippen molar-refractivity contribution in [2.75, 3.05) is 33.9 Å². The fourth-order valence-electron chi connectivity index (χ4n) is 6.18. The largest absolute Gasteiger partial charge is 0.496 e. The first kappa shape index (κ1) is 25.6. The predicted octanol–water partition coefficient (Wildman–Crippen LogP) is 5.84. The fraction of sp³-hybridized carbons (Fsp3) is 0.625. The van der Waals surface area contributed by atoms with Crippen LogP contribution in [-0.2, 0) is 25.7 Å². The van der Waals surface area contributed by atoms with Crippen molar-refractivity contribution in [3.8, 4) is 11.5 Å². The molecule has 196 valence electrons. The number of rotatable bonds is 9. The van der Waals surface area contributed by atoms with Gasteiger partial charge in [0.25, 0.3) is 0 Å². The van der Waals surface area contributed by atoms with Crippen LogP contribution in [-0.4, -0.2) is 50.8 Å². The summed E-state index contributed by atoms with van der Waals surface area (Å²) in [4.78, 5) is 2.70. The summed E-state index contributed by atoms with van der Waals surface area (Å²) in [6.45, 7) is 6.02. The van der Waals surface area contributed by atoms with Gasteiger partial charge in [0, 0.05) is 18.6 Å². The molecule has 2 saturated carbocycles. The second-order valence-corrected chi connectivity index (χ2v) is 11.4. The number of ether oxygens (including phenoxy) is 2. The highest BCUT2D eigenvalue weighted by Gasteiger charge is 2.30. The predicted molar refractivity (Wildman–Crippen MR) is 148 cm³/mol. The number of hydrogen-bond acceptors (Lipinski definition) is 4. The Kier molecular flexibility index (Phi) is 8.54. The normalized spacial score (nSPS) is 22.8. The average Bonchev–Trinajstić information content (AvgIpc) is 3.86. The van der Waals surface area contributed by atoms with E-state index in [4.69, 9.17) is 9.47 Å². The van der Waals surface area contributed by atoms with Crippen LogP contribution in [0.1, 0.15) is 67.7 Å². The average molecular weight is 491 g/mol. The van der Waals surface area contributed by atoms with Crippen LogP contribution in [0.5, 0.6) is 11.5 Å². The summed E-state index contributed by atoms with van der Waals surface area (Å²) >= 11 is 0. The molecule has 0 aromatic heterocycles. The van der Waals surface area contributed by atoms with Crippen molar-refractivity contribution in [3.05, 3.63) is 58.7 Å². The van der Waals surface area contributed by atoms with Crippen LogP contribution < -0.4 is 14.8 Å². The standard InChI is InChI=1S/C17H25NO.C15H21NO/c1-3-18(12-13-7-8-13)15-10-9-14-5-4-6-17(19-2)16(14)11-15;1-17-15-4-2-3-12-7-8-13(9-14(12)15)16-10-11-5-6-11/h4-6,13,15H,3,7-12H2,1-2H3;2-4,11,13,16H,5-10H2,1H3. The van der Waals surface area contributed by atoms with Gasteiger partial charge in [-0.15, -0.1) is 0 Å². The van der Waals surface area contributed by atoms with Gasteiger partial charge < -0.3 is 19.7 Å². The number of fused-ring (bicyclic) bond motifs is 2. The molecule has 1 N–H and O–H groups in total. The van der Waals surface area contributed by atoms with Gasteiger partial charge >= 0.3 is 0 Å². The Labute approximate surface area is 218 Å². The van der Waals surface area contributed by atoms with Crippen LogP contribution in [0.2, 0.25) is 0 Å². The van der Waals surface area contributed by atoms with Crippen LogP contribution in [0.3, 0.4) is 0 Å². The molecule has 0 spiro atoms. The zero-order valence-electron chi connectivity index (χ0n) is 22.7. The molecule has 6 rings (SSSR count). The molecule has 4 heteroatoms. The summed E-state index contributed by atoms with van der Waals surface area (Å²) < 4.78 is 11.0. The highest BCUT2D eigenvalue weighted by Crippen LogP contribution is 2.35. The highest BCUT2D eigenvalue weighted by atomic mass is 16.5. The summed E-state index contributed by atoms with van der Waals surface area (Å²) in [6, 6.07) is 14.3. The fourth-order valence-corrected chi connectivity index (χ4v) is 6.18. The van der Waals surface area contributed by atoms with Crippen LogP contribution >= 0.6 is 0 Å². The Morgan fingerprint density at radius 3 is 1.97 bits per heavy atom. The first-order valence-corrected chi connectivity index (χ1v) is 14.4. The van der Waals surface area contributed by atoms with Gasteiger partial charge in [0.15, 0.2) is 0 Å². The Morgan fingerprint density at radius 1 is 0.778 bits per heavy atom. The van der Waals surface area contributed by atoms with E-state index in [1.54, 1.807) is 14.2 Å². The van der Waals surface area contributed by atoms with Crippen molar-refractivity contribution >= 4 is 0 Å². The lowest BCUT2D eigenvalue weighted by Gasteiger charge is -2.35. The third-order valence-electron chi connectivity index (χ3n) is 8.80. The molecule has 2 unspecified atom stereocenters. The number of nitrogens with one attached hydrogen (secondary N) is 1. The van der Waals surface area contributed by atoms with E-state index in [1.165, 1.54) is 99.7 Å². The summed E-state index contributed by atoms with van der Waals surface area (Å²) in [5.41, 5.74) is 5.86. The third-order valence-corrected chi connectivity index (χ3v) is 8.80. The van der Waals surface area contributed by atoms with Gasteiger partial charge in [-0.1, -0.05) is 31.2 Å². The zero-order valence-corrected chi connectivity index (χ0v) is 22.7. The third kappa shape index (κ3) is 6.44. The Balaban J connectivity index is 0.000000149. The molecule has 0 heterocycles. The van der Waals surface area contributed by atoms with E-state index in [-0.39, 0.29) is 0 Å². The lowest BCUT2D eigenvalue weighted by molar-refractivity contribution is 0.180. The van der Waals surface area contributed by atoms with E-state index in [0.717, 1.165) is 35.8 Å². The SMILES string of the molecule is CCN(CC1CC1)C1CCc2cccc(OC)c2C1.COc1cccc2c1CC(NCC1CC1)CC2. The maximum Gasteiger partial charge on any atom is 0.122 e. The van der Waals surface area contributed by atoms with Crippen LogP contribution in [0, 0.1) is 11.8 Å². The Morgan fingerprint density at radius 2 is 1.39 bits per heavy atom. The second-order valence-electron chi connectivity index (χ2n) is 11.4. The molecular weight excluding hydrogens is 444 g/mol. The topological polar surface area (TPSA) is 33.7 Å². The molecule has 4 nitrogen and oxygen atoms in total. The maximum absolute atomic E-state index is 5.55. The van der Waals surface area contributed by atoms with Gasteiger partial charge in [0.05, 0.1) is 14.2 Å². The van der Waals surface area contributed by atoms with Crippen molar-refractivity contribution in [2.24, 2.45) is 11.8 Å². The van der Waals surface area contributed by atoms with Gasteiger partial charge in [-0.05, 0) is 124 Å². The quantitative estimate of drug-likeness (QED) is 0.479. The molecule has 2 atom stereocenters. The van der Waals surface area contributed by atoms with Crippen molar-refractivity contribution in [2.45, 2.75) is 83.2 Å². The van der Waals surface area contributed by atoms with Crippen LogP contribution in [0.4, 0.5) is 0 Å². The zero-order chi connectivity index (χ0) is 24.9. The monoisotopic (exact) mass is 490 g/mol. The molecule has 0 amide bonds. The van der Waals surface area contributed by atoms with Gasteiger partial charge in [0.2, 0.25) is 0 Å². The minimum Gasteiger partial charge on any atom is -0.496 e. The first-order valence-electron chi connectivity index (χ1n) is 14.4. The second kappa shape index (κ2) is 12.0. The minimum atomic E-state index is 0.652. The van der Waals surface area contributed by atoms with Gasteiger partial charge in [-0.2, -0.15) is 0 Å². The summed E-state index contributed by atoms with van der Waals surface area (Å²) in [5.74, 6) is 4.11. The highest BCUT2D eigenvalue weighted by molar-refractivity contribution is 5.43. The molecule has 4 aliphatic rings. The smallest absolute Gasteiger partial charge is 0.122 e. The number of aryl methyl sites for hydroxylation is 2. The molecule has 0 bridgehead atoms. The lowest BCUT2D eigenvalue weighted by atomic mass is 9.86. The Bertz CT molecular complexity index is 969. The van der Waals surface area contributed by atoms with E-state index in [2.05, 4.69) is 53.5 Å². The molecule has 0 radical (unpaired) electrons. The lowest BCUT2D eigenvalue weighted by Crippen LogP contribution is -2.40. The van der Waals surface area contributed by atoms with Crippen molar-refractivity contribution in [1.82, 2.24) is 10.2 Å². The molecule has 0 saturated heterocycles. The molecule has 2 fully saturated rings. The number of likely N-dealkylation sites (N-methyl/N-ethyl adjacent to an activating group) is 1. The van der Waals surface area contributed by atoms with E-state index >= 15 is 0 Å². The number of hydrogen-bond donors (Lipinski definition) is 1. The van der Waals surface area contributed by atoms with Gasteiger partial charge in [-0.3, -0.25) is 0 Å². The van der Waals surface area contributed by atoms with Crippen LogP contribution in [0.25, 0.3) is 0 Å². The van der Waals surface area contributed by atoms with E-state index < -0.39 is 0 Å². The van der Waals surface area contributed by atoms with Gasteiger partial charge in [-0.25, -0.2) is 0 Å². The summed E-state index contributed by atoms with van der Waals surface area (Å²) in [5, 5.41) is 3.72.